The van der Waals surface area contributed by atoms with Crippen molar-refractivity contribution in [2.24, 2.45) is 7.05 Å². The Balaban J connectivity index is 1.53. The molecule has 0 saturated heterocycles. The highest BCUT2D eigenvalue weighted by Gasteiger charge is 2.45. The van der Waals surface area contributed by atoms with Gasteiger partial charge in [-0.1, -0.05) is 48.5 Å². The maximum absolute atomic E-state index is 13.7. The summed E-state index contributed by atoms with van der Waals surface area (Å²) in [4.78, 5) is 42.7. The zero-order valence-electron chi connectivity index (χ0n) is 24.1. The van der Waals surface area contributed by atoms with Gasteiger partial charge in [-0.2, -0.15) is 5.10 Å². The van der Waals surface area contributed by atoms with Gasteiger partial charge in [0.05, 0.1) is 23.8 Å². The molecule has 3 aromatic rings. The molecule has 9 heteroatoms. The van der Waals surface area contributed by atoms with E-state index >= 15 is 0 Å². The number of allylic oxidation sites excluding steroid dienone is 2. The second-order valence-electron chi connectivity index (χ2n) is 10.9. The third-order valence-corrected chi connectivity index (χ3v) is 7.16. The Morgan fingerprint density at radius 2 is 1.82 bits per heavy atom. The van der Waals surface area contributed by atoms with E-state index in [1.54, 1.807) is 40.8 Å². The van der Waals surface area contributed by atoms with E-state index in [2.05, 4.69) is 15.7 Å². The fourth-order valence-electron chi connectivity index (χ4n) is 5.35. The average Bonchev–Trinajstić information content (AvgIpc) is 3.37. The molecular weight excluding hydrogens is 504 g/mol. The van der Waals surface area contributed by atoms with Crippen LogP contribution in [-0.4, -0.2) is 57.9 Å². The molecule has 0 saturated carbocycles. The molecule has 4 rings (SSSR count). The number of carbonyl (C=O) groups excluding carboxylic acids is 3. The lowest BCUT2D eigenvalue weighted by Crippen LogP contribution is -2.49. The minimum atomic E-state index is -0.656. The average molecular weight is 543 g/mol. The molecule has 2 N–H and O–H groups in total. The SMILES string of the molecule is C/C=C/C(=O)Cc1cccc(C(=O)Nc2nn(C)c3c2CN(C(=O)N[C@H](CN(C)C)c2ccccc2)C3(C)C)c1. The summed E-state index contributed by atoms with van der Waals surface area (Å²) < 4.78 is 1.74. The first-order chi connectivity index (χ1) is 19.0. The van der Waals surface area contributed by atoms with Crippen molar-refractivity contribution in [1.29, 1.82) is 0 Å². The van der Waals surface area contributed by atoms with Crippen molar-refractivity contribution < 1.29 is 14.4 Å². The summed E-state index contributed by atoms with van der Waals surface area (Å²) >= 11 is 0. The van der Waals surface area contributed by atoms with Crippen LogP contribution >= 0.6 is 0 Å². The molecule has 1 aliphatic rings. The third-order valence-electron chi connectivity index (χ3n) is 7.16. The lowest BCUT2D eigenvalue weighted by atomic mass is 10.0. The van der Waals surface area contributed by atoms with Crippen LogP contribution < -0.4 is 10.6 Å². The largest absolute Gasteiger partial charge is 0.330 e. The number of hydrogen-bond acceptors (Lipinski definition) is 5. The summed E-state index contributed by atoms with van der Waals surface area (Å²) in [5, 5.41) is 10.7. The number of likely N-dealkylation sites (N-methyl/N-ethyl adjacent to an activating group) is 1. The maximum Gasteiger partial charge on any atom is 0.319 e. The molecular formula is C31H38N6O3. The first kappa shape index (κ1) is 28.8. The van der Waals surface area contributed by atoms with E-state index in [9.17, 15) is 14.4 Å². The van der Waals surface area contributed by atoms with Crippen molar-refractivity contribution in [1.82, 2.24) is 24.9 Å². The second kappa shape index (κ2) is 11.9. The van der Waals surface area contributed by atoms with Gasteiger partial charge in [0.2, 0.25) is 0 Å². The molecule has 40 heavy (non-hydrogen) atoms. The highest BCUT2D eigenvalue weighted by molar-refractivity contribution is 6.04. The molecule has 1 aromatic heterocycles. The Kier molecular flexibility index (Phi) is 8.54. The lowest BCUT2D eigenvalue weighted by Gasteiger charge is -2.34. The number of carbonyl (C=O) groups is 3. The smallest absolute Gasteiger partial charge is 0.319 e. The van der Waals surface area contributed by atoms with E-state index in [-0.39, 0.29) is 30.2 Å². The molecule has 0 aliphatic carbocycles. The van der Waals surface area contributed by atoms with Crippen LogP contribution in [0.15, 0.2) is 66.7 Å². The monoisotopic (exact) mass is 542 g/mol. The summed E-state index contributed by atoms with van der Waals surface area (Å²) in [5.41, 5.74) is 3.24. The number of nitrogens with one attached hydrogen (secondary N) is 2. The normalized spacial score (nSPS) is 14.8. The van der Waals surface area contributed by atoms with E-state index in [1.165, 1.54) is 6.08 Å². The number of hydrogen-bond donors (Lipinski definition) is 2. The number of amides is 3. The van der Waals surface area contributed by atoms with Crippen molar-refractivity contribution in [2.45, 2.75) is 45.3 Å². The second-order valence-corrected chi connectivity index (χ2v) is 10.9. The lowest BCUT2D eigenvalue weighted by molar-refractivity contribution is -0.114. The predicted molar refractivity (Wildman–Crippen MR) is 156 cm³/mol. The van der Waals surface area contributed by atoms with Gasteiger partial charge in [-0.3, -0.25) is 14.3 Å². The number of urea groups is 1. The Hall–Kier alpha value is -4.24. The van der Waals surface area contributed by atoms with E-state index in [0.29, 0.717) is 24.5 Å². The first-order valence-corrected chi connectivity index (χ1v) is 13.4. The van der Waals surface area contributed by atoms with Crippen LogP contribution in [0.5, 0.6) is 0 Å². The summed E-state index contributed by atoms with van der Waals surface area (Å²) in [6.07, 6.45) is 3.45. The van der Waals surface area contributed by atoms with Gasteiger partial charge in [-0.15, -0.1) is 0 Å². The number of nitrogens with zero attached hydrogens (tertiary/aromatic N) is 4. The Morgan fingerprint density at radius 1 is 1.10 bits per heavy atom. The van der Waals surface area contributed by atoms with Gasteiger partial charge in [0.15, 0.2) is 11.6 Å². The third kappa shape index (κ3) is 6.15. The molecule has 1 atom stereocenters. The van der Waals surface area contributed by atoms with E-state index in [4.69, 9.17) is 0 Å². The van der Waals surface area contributed by atoms with Gasteiger partial charge < -0.3 is 20.4 Å². The van der Waals surface area contributed by atoms with Crippen molar-refractivity contribution in [3.63, 3.8) is 0 Å². The van der Waals surface area contributed by atoms with Crippen LogP contribution in [0.3, 0.4) is 0 Å². The number of rotatable bonds is 9. The molecule has 2 heterocycles. The Labute approximate surface area is 235 Å². The Bertz CT molecular complexity index is 1420. The van der Waals surface area contributed by atoms with Crippen molar-refractivity contribution in [3.8, 4) is 0 Å². The summed E-state index contributed by atoms with van der Waals surface area (Å²) in [7, 11) is 5.78. The first-order valence-electron chi connectivity index (χ1n) is 13.4. The molecule has 1 aliphatic heterocycles. The maximum atomic E-state index is 13.7. The van der Waals surface area contributed by atoms with Crippen LogP contribution in [0.4, 0.5) is 10.6 Å². The zero-order valence-corrected chi connectivity index (χ0v) is 24.1. The fourth-order valence-corrected chi connectivity index (χ4v) is 5.35. The van der Waals surface area contributed by atoms with Crippen molar-refractivity contribution in [2.75, 3.05) is 26.0 Å². The minimum Gasteiger partial charge on any atom is -0.330 e. The molecule has 3 amide bonds. The van der Waals surface area contributed by atoms with Crippen LogP contribution in [0.1, 0.15) is 59.6 Å². The molecule has 0 radical (unpaired) electrons. The zero-order chi connectivity index (χ0) is 29.0. The van der Waals surface area contributed by atoms with Crippen molar-refractivity contribution >= 4 is 23.5 Å². The van der Waals surface area contributed by atoms with Gasteiger partial charge in [0.1, 0.15) is 0 Å². The molecule has 0 fully saturated rings. The fraction of sp³-hybridized carbons (Fsp3) is 0.355. The van der Waals surface area contributed by atoms with Gasteiger partial charge in [0.25, 0.3) is 5.91 Å². The number of fused-ring (bicyclic) bond motifs is 1. The molecule has 0 bridgehead atoms. The molecule has 0 spiro atoms. The van der Waals surface area contributed by atoms with Crippen LogP contribution in [-0.2, 0) is 30.3 Å². The minimum absolute atomic E-state index is 0.0247. The van der Waals surface area contributed by atoms with Crippen LogP contribution in [0.2, 0.25) is 0 Å². The number of aromatic nitrogens is 2. The van der Waals surface area contributed by atoms with Crippen LogP contribution in [0.25, 0.3) is 0 Å². The number of benzene rings is 2. The highest BCUT2D eigenvalue weighted by atomic mass is 16.2. The summed E-state index contributed by atoms with van der Waals surface area (Å²) in [5.74, 6) is 0.0783. The van der Waals surface area contributed by atoms with E-state index in [0.717, 1.165) is 22.4 Å². The topological polar surface area (TPSA) is 99.6 Å². The van der Waals surface area contributed by atoms with Gasteiger partial charge in [-0.25, -0.2) is 4.79 Å². The van der Waals surface area contributed by atoms with Crippen LogP contribution in [0, 0.1) is 0 Å². The molecule has 0 unspecified atom stereocenters. The van der Waals surface area contributed by atoms with Gasteiger partial charge >= 0.3 is 6.03 Å². The summed E-state index contributed by atoms with van der Waals surface area (Å²) in [6.45, 7) is 6.73. The molecule has 2 aromatic carbocycles. The highest BCUT2D eigenvalue weighted by Crippen LogP contribution is 2.42. The summed E-state index contributed by atoms with van der Waals surface area (Å²) in [6, 6.07) is 16.6. The van der Waals surface area contributed by atoms with E-state index < -0.39 is 5.54 Å². The van der Waals surface area contributed by atoms with Gasteiger partial charge in [0, 0.05) is 31.1 Å². The standard InChI is InChI=1S/C31H38N6O3/c1-7-12-24(38)18-21-13-11-16-23(17-21)29(39)33-28-25-19-37(31(2,3)27(25)36(6)34-28)30(40)32-26(20-35(4)5)22-14-9-8-10-15-22/h7-17,26H,18-20H2,1-6H3,(H,32,40)(H,33,34,39)/b12-7+/t26-/m1/s1. The van der Waals surface area contributed by atoms with E-state index in [1.807, 2.05) is 76.3 Å². The molecule has 210 valence electrons. The van der Waals surface area contributed by atoms with Crippen molar-refractivity contribution in [3.05, 3.63) is 94.7 Å². The quantitative estimate of drug-likeness (QED) is 0.390. The number of aryl methyl sites for hydroxylation is 1. The number of anilines is 1. The molecule has 9 nitrogen and oxygen atoms in total. The van der Waals surface area contributed by atoms with Gasteiger partial charge in [-0.05, 0) is 64.2 Å². The Morgan fingerprint density at radius 3 is 2.50 bits per heavy atom. The predicted octanol–water partition coefficient (Wildman–Crippen LogP) is 4.42. The number of ketones is 1.